The molecule has 0 saturated carbocycles. The van der Waals surface area contributed by atoms with Crippen molar-refractivity contribution >= 4 is 5.91 Å². The Kier molecular flexibility index (Phi) is 6.00. The lowest BCUT2D eigenvalue weighted by Gasteiger charge is -2.31. The number of hydrogen-bond acceptors (Lipinski definition) is 2. The van der Waals surface area contributed by atoms with Crippen LogP contribution in [0.5, 0.6) is 0 Å². The average Bonchev–Trinajstić information content (AvgIpc) is 2.52. The van der Waals surface area contributed by atoms with E-state index >= 15 is 0 Å². The van der Waals surface area contributed by atoms with Gasteiger partial charge in [-0.2, -0.15) is 0 Å². The Balaban J connectivity index is 1.94. The van der Waals surface area contributed by atoms with Gasteiger partial charge in [0.25, 0.3) is 0 Å². The fourth-order valence-corrected chi connectivity index (χ4v) is 2.97. The fraction of sp³-hybridized carbons (Fsp3) is 0.500. The maximum absolute atomic E-state index is 12.7. The largest absolute Gasteiger partial charge is 0.338 e. The van der Waals surface area contributed by atoms with Crippen LogP contribution in [0.4, 0.5) is 0 Å². The van der Waals surface area contributed by atoms with Gasteiger partial charge in [0.05, 0.1) is 0 Å². The molecule has 0 aromatic heterocycles. The molecule has 1 amide bonds. The van der Waals surface area contributed by atoms with Crippen molar-refractivity contribution in [2.75, 3.05) is 19.6 Å². The number of benzene rings is 1. The molecule has 1 heterocycles. The number of nitrogens with one attached hydrogen (secondary N) is 1. The van der Waals surface area contributed by atoms with Crippen LogP contribution < -0.4 is 5.32 Å². The molecule has 0 spiro atoms. The highest BCUT2D eigenvalue weighted by molar-refractivity contribution is 5.79. The number of hydrogen-bond donors (Lipinski definition) is 1. The van der Waals surface area contributed by atoms with Gasteiger partial charge in [0, 0.05) is 25.0 Å². The van der Waals surface area contributed by atoms with Crippen molar-refractivity contribution in [3.63, 3.8) is 0 Å². The zero-order valence-electron chi connectivity index (χ0n) is 12.9. The summed E-state index contributed by atoms with van der Waals surface area (Å²) in [6.07, 6.45) is 4.62. The van der Waals surface area contributed by atoms with Gasteiger partial charge in [-0.1, -0.05) is 36.4 Å². The van der Waals surface area contributed by atoms with E-state index in [4.69, 9.17) is 0 Å². The van der Waals surface area contributed by atoms with Crippen LogP contribution in [0.1, 0.15) is 25.3 Å². The summed E-state index contributed by atoms with van der Waals surface area (Å²) in [6.45, 7) is 8.30. The molecule has 0 aliphatic carbocycles. The van der Waals surface area contributed by atoms with Gasteiger partial charge in [-0.25, -0.2) is 0 Å². The SMILES string of the molecule is C=CCN(CCc1ccccc1)C(=O)[C@H]1CCN[C@@H](C)C1. The van der Waals surface area contributed by atoms with Crippen molar-refractivity contribution in [2.45, 2.75) is 32.2 Å². The lowest BCUT2D eigenvalue weighted by molar-refractivity contribution is -0.136. The van der Waals surface area contributed by atoms with E-state index in [9.17, 15) is 4.79 Å². The highest BCUT2D eigenvalue weighted by atomic mass is 16.2. The first-order valence-electron chi connectivity index (χ1n) is 7.87. The van der Waals surface area contributed by atoms with Crippen molar-refractivity contribution in [3.8, 4) is 0 Å². The predicted molar refractivity (Wildman–Crippen MR) is 87.1 cm³/mol. The molecular weight excluding hydrogens is 260 g/mol. The second-order valence-corrected chi connectivity index (χ2v) is 5.88. The summed E-state index contributed by atoms with van der Waals surface area (Å²) < 4.78 is 0. The Morgan fingerprint density at radius 3 is 2.86 bits per heavy atom. The minimum atomic E-state index is 0.164. The monoisotopic (exact) mass is 286 g/mol. The van der Waals surface area contributed by atoms with Gasteiger partial charge >= 0.3 is 0 Å². The van der Waals surface area contributed by atoms with Crippen LogP contribution in [0, 0.1) is 5.92 Å². The standard InChI is InChI=1S/C18H26N2O/c1-3-12-20(13-10-16-7-5-4-6-8-16)18(21)17-9-11-19-15(2)14-17/h3-8,15,17,19H,1,9-14H2,2H3/t15-,17-/m0/s1. The molecule has 2 atom stereocenters. The van der Waals surface area contributed by atoms with E-state index in [1.165, 1.54) is 5.56 Å². The first-order valence-corrected chi connectivity index (χ1v) is 7.87. The summed E-state index contributed by atoms with van der Waals surface area (Å²) in [7, 11) is 0. The van der Waals surface area contributed by atoms with Crippen LogP contribution >= 0.6 is 0 Å². The van der Waals surface area contributed by atoms with Crippen molar-refractivity contribution in [2.24, 2.45) is 5.92 Å². The van der Waals surface area contributed by atoms with E-state index in [0.29, 0.717) is 18.5 Å². The van der Waals surface area contributed by atoms with E-state index in [-0.39, 0.29) is 5.92 Å². The summed E-state index contributed by atoms with van der Waals surface area (Å²) in [5.74, 6) is 0.455. The number of carbonyl (C=O) groups excluding carboxylic acids is 1. The Bertz CT molecular complexity index is 458. The second-order valence-electron chi connectivity index (χ2n) is 5.88. The molecule has 0 unspecified atom stereocenters. The van der Waals surface area contributed by atoms with Crippen LogP contribution in [-0.4, -0.2) is 36.5 Å². The van der Waals surface area contributed by atoms with Gasteiger partial charge in [0.15, 0.2) is 0 Å². The zero-order valence-corrected chi connectivity index (χ0v) is 12.9. The molecule has 1 N–H and O–H groups in total. The third-order valence-electron chi connectivity index (χ3n) is 4.15. The van der Waals surface area contributed by atoms with Crippen molar-refractivity contribution < 1.29 is 4.79 Å². The molecule has 21 heavy (non-hydrogen) atoms. The predicted octanol–water partition coefficient (Wildman–Crippen LogP) is 2.63. The van der Waals surface area contributed by atoms with E-state index in [1.807, 2.05) is 29.2 Å². The summed E-state index contributed by atoms with van der Waals surface area (Å²) in [4.78, 5) is 14.7. The Labute approximate surface area is 128 Å². The van der Waals surface area contributed by atoms with Gasteiger partial charge in [-0.05, 0) is 38.3 Å². The first-order chi connectivity index (χ1) is 10.2. The summed E-state index contributed by atoms with van der Waals surface area (Å²) in [5, 5.41) is 3.40. The van der Waals surface area contributed by atoms with Gasteiger partial charge in [0.2, 0.25) is 5.91 Å². The third kappa shape index (κ3) is 4.71. The van der Waals surface area contributed by atoms with Gasteiger partial charge in [0.1, 0.15) is 0 Å². The molecule has 1 saturated heterocycles. The molecule has 1 aromatic carbocycles. The van der Waals surface area contributed by atoms with Gasteiger partial charge in [-0.3, -0.25) is 4.79 Å². The van der Waals surface area contributed by atoms with Crippen molar-refractivity contribution in [3.05, 3.63) is 48.6 Å². The van der Waals surface area contributed by atoms with E-state index in [2.05, 4.69) is 31.0 Å². The number of nitrogens with zero attached hydrogens (tertiary/aromatic N) is 1. The minimum absolute atomic E-state index is 0.164. The van der Waals surface area contributed by atoms with Crippen LogP contribution in [0.25, 0.3) is 0 Å². The van der Waals surface area contributed by atoms with E-state index < -0.39 is 0 Å². The smallest absolute Gasteiger partial charge is 0.226 e. The number of carbonyl (C=O) groups is 1. The van der Waals surface area contributed by atoms with Crippen LogP contribution in [0.15, 0.2) is 43.0 Å². The summed E-state index contributed by atoms with van der Waals surface area (Å²) >= 11 is 0. The minimum Gasteiger partial charge on any atom is -0.338 e. The molecule has 0 radical (unpaired) electrons. The number of piperidine rings is 1. The average molecular weight is 286 g/mol. The highest BCUT2D eigenvalue weighted by Gasteiger charge is 2.27. The molecule has 114 valence electrons. The van der Waals surface area contributed by atoms with E-state index in [1.54, 1.807) is 0 Å². The maximum atomic E-state index is 12.7. The highest BCUT2D eigenvalue weighted by Crippen LogP contribution is 2.19. The summed E-state index contributed by atoms with van der Waals surface area (Å²) in [5.41, 5.74) is 1.28. The van der Waals surface area contributed by atoms with Gasteiger partial charge < -0.3 is 10.2 Å². The van der Waals surface area contributed by atoms with Crippen LogP contribution in [0.3, 0.4) is 0 Å². The Hall–Kier alpha value is -1.61. The normalized spacial score (nSPS) is 21.8. The topological polar surface area (TPSA) is 32.3 Å². The van der Waals surface area contributed by atoms with Gasteiger partial charge in [-0.15, -0.1) is 6.58 Å². The molecule has 0 bridgehead atoms. The van der Waals surface area contributed by atoms with Crippen LogP contribution in [-0.2, 0) is 11.2 Å². The van der Waals surface area contributed by atoms with Crippen molar-refractivity contribution in [1.29, 1.82) is 0 Å². The van der Waals surface area contributed by atoms with Crippen molar-refractivity contribution in [1.82, 2.24) is 10.2 Å². The number of rotatable bonds is 6. The lowest BCUT2D eigenvalue weighted by Crippen LogP contribution is -2.44. The number of amides is 1. The Morgan fingerprint density at radius 1 is 1.43 bits per heavy atom. The quantitative estimate of drug-likeness (QED) is 0.815. The maximum Gasteiger partial charge on any atom is 0.226 e. The molecule has 1 fully saturated rings. The Morgan fingerprint density at radius 2 is 2.19 bits per heavy atom. The molecule has 3 nitrogen and oxygen atoms in total. The molecular formula is C18H26N2O. The molecule has 3 heteroatoms. The molecule has 1 aliphatic heterocycles. The third-order valence-corrected chi connectivity index (χ3v) is 4.15. The first kappa shape index (κ1) is 15.8. The molecule has 1 aromatic rings. The molecule has 2 rings (SSSR count). The fourth-order valence-electron chi connectivity index (χ4n) is 2.97. The lowest BCUT2D eigenvalue weighted by atomic mass is 9.92. The van der Waals surface area contributed by atoms with E-state index in [0.717, 1.165) is 32.4 Å². The summed E-state index contributed by atoms with van der Waals surface area (Å²) in [6, 6.07) is 10.8. The second kappa shape index (κ2) is 7.99. The van der Waals surface area contributed by atoms with Crippen LogP contribution in [0.2, 0.25) is 0 Å². The zero-order chi connectivity index (χ0) is 15.1. The molecule has 1 aliphatic rings.